The fraction of sp³-hybridized carbons (Fsp3) is 0.385. The van der Waals surface area contributed by atoms with E-state index in [4.69, 9.17) is 9.26 Å². The topological polar surface area (TPSA) is 70.8 Å². The van der Waals surface area contributed by atoms with Crippen LogP contribution in [0.4, 0.5) is 23.2 Å². The first-order chi connectivity index (χ1) is 17.7. The predicted octanol–water partition coefficient (Wildman–Crippen LogP) is 4.67. The minimum Gasteiger partial charge on any atom is -0.482 e. The average Bonchev–Trinajstić information content (AvgIpc) is 3.27. The average molecular weight is 521 g/mol. The van der Waals surface area contributed by atoms with Gasteiger partial charge in [-0.25, -0.2) is 4.39 Å². The molecule has 3 aromatic rings. The van der Waals surface area contributed by atoms with Gasteiger partial charge in [0, 0.05) is 38.3 Å². The van der Waals surface area contributed by atoms with Crippen LogP contribution in [0.1, 0.15) is 22.5 Å². The zero-order valence-electron chi connectivity index (χ0n) is 20.4. The Balaban J connectivity index is 1.24. The smallest absolute Gasteiger partial charge is 0.422 e. The summed E-state index contributed by atoms with van der Waals surface area (Å²) < 4.78 is 61.6. The maximum absolute atomic E-state index is 13.6. The molecule has 1 saturated heterocycles. The highest BCUT2D eigenvalue weighted by Gasteiger charge is 2.29. The summed E-state index contributed by atoms with van der Waals surface area (Å²) in [5, 5.41) is 6.81. The van der Waals surface area contributed by atoms with Gasteiger partial charge >= 0.3 is 6.18 Å². The normalized spacial score (nSPS) is 14.6. The van der Waals surface area contributed by atoms with Gasteiger partial charge in [0.1, 0.15) is 28.6 Å². The van der Waals surface area contributed by atoms with Gasteiger partial charge in [-0.2, -0.15) is 13.2 Å². The number of nitrogens with one attached hydrogen (secondary N) is 1. The molecule has 4 rings (SSSR count). The Morgan fingerprint density at radius 1 is 1.11 bits per heavy atom. The number of alkyl halides is 3. The molecule has 1 aromatic heterocycles. The van der Waals surface area contributed by atoms with Gasteiger partial charge in [-0.1, -0.05) is 29.4 Å². The highest BCUT2D eigenvalue weighted by atomic mass is 19.4. The molecule has 7 nitrogen and oxygen atoms in total. The van der Waals surface area contributed by atoms with Crippen molar-refractivity contribution in [3.63, 3.8) is 0 Å². The van der Waals surface area contributed by atoms with Gasteiger partial charge in [0.25, 0.3) is 5.91 Å². The number of ether oxygens (including phenoxy) is 1. The van der Waals surface area contributed by atoms with Gasteiger partial charge in [0.05, 0.1) is 5.69 Å². The number of anilines is 1. The summed E-state index contributed by atoms with van der Waals surface area (Å²) in [7, 11) is 0. The first-order valence-corrected chi connectivity index (χ1v) is 12.0. The minimum absolute atomic E-state index is 0.220. The van der Waals surface area contributed by atoms with Crippen LogP contribution in [0.3, 0.4) is 0 Å². The van der Waals surface area contributed by atoms with Crippen LogP contribution in [-0.4, -0.2) is 68.0 Å². The molecule has 1 aliphatic heterocycles. The molecule has 0 unspecified atom stereocenters. The molecule has 0 spiro atoms. The molecule has 0 aliphatic carbocycles. The number of hydrogen-bond donors (Lipinski definition) is 1. The Labute approximate surface area is 212 Å². The van der Waals surface area contributed by atoms with Crippen LogP contribution in [-0.2, 0) is 0 Å². The third-order valence-corrected chi connectivity index (χ3v) is 6.09. The molecule has 37 heavy (non-hydrogen) atoms. The Morgan fingerprint density at radius 2 is 1.86 bits per heavy atom. The van der Waals surface area contributed by atoms with E-state index in [0.717, 1.165) is 19.6 Å². The van der Waals surface area contributed by atoms with Crippen molar-refractivity contribution in [3.8, 4) is 17.0 Å². The van der Waals surface area contributed by atoms with Gasteiger partial charge in [-0.3, -0.25) is 9.69 Å². The summed E-state index contributed by atoms with van der Waals surface area (Å²) in [5.41, 5.74) is 1.69. The third-order valence-electron chi connectivity index (χ3n) is 6.09. The highest BCUT2D eigenvalue weighted by Crippen LogP contribution is 2.30. The van der Waals surface area contributed by atoms with Crippen molar-refractivity contribution in [1.29, 1.82) is 0 Å². The molecule has 1 aliphatic rings. The summed E-state index contributed by atoms with van der Waals surface area (Å²) in [6.45, 7) is 4.25. The van der Waals surface area contributed by atoms with E-state index < -0.39 is 18.6 Å². The summed E-state index contributed by atoms with van der Waals surface area (Å²) in [6.07, 6.45) is -3.69. The maximum atomic E-state index is 13.6. The number of benzene rings is 2. The number of para-hydroxylation sites is 2. The zero-order valence-corrected chi connectivity index (χ0v) is 20.4. The predicted molar refractivity (Wildman–Crippen MR) is 130 cm³/mol. The quantitative estimate of drug-likeness (QED) is 0.327. The fourth-order valence-electron chi connectivity index (χ4n) is 4.28. The Morgan fingerprint density at radius 3 is 2.59 bits per heavy atom. The van der Waals surface area contributed by atoms with Crippen molar-refractivity contribution in [2.45, 2.75) is 19.5 Å². The SMILES string of the molecule is Cc1onc(-c2cccc(F)c2)c1C(=O)NCCCN1CCN(c2ccccc2OCC(F)(F)F)CC1. The van der Waals surface area contributed by atoms with E-state index in [1.54, 1.807) is 43.3 Å². The lowest BCUT2D eigenvalue weighted by molar-refractivity contribution is -0.153. The molecular weight excluding hydrogens is 492 g/mol. The number of amides is 1. The van der Waals surface area contributed by atoms with Crippen molar-refractivity contribution in [2.24, 2.45) is 0 Å². The second-order valence-electron chi connectivity index (χ2n) is 8.78. The fourth-order valence-corrected chi connectivity index (χ4v) is 4.28. The lowest BCUT2D eigenvalue weighted by atomic mass is 10.1. The van der Waals surface area contributed by atoms with Crippen LogP contribution < -0.4 is 15.0 Å². The molecule has 1 N–H and O–H groups in total. The van der Waals surface area contributed by atoms with Crippen molar-refractivity contribution in [2.75, 3.05) is 50.8 Å². The molecule has 0 atom stereocenters. The number of rotatable bonds is 9. The van der Waals surface area contributed by atoms with Gasteiger partial charge in [0.15, 0.2) is 6.61 Å². The molecule has 1 amide bonds. The number of aromatic nitrogens is 1. The molecule has 0 bridgehead atoms. The van der Waals surface area contributed by atoms with E-state index in [-0.39, 0.29) is 17.2 Å². The summed E-state index contributed by atoms with van der Waals surface area (Å²) in [5.74, 6) is -0.190. The number of hydrogen-bond acceptors (Lipinski definition) is 6. The lowest BCUT2D eigenvalue weighted by Gasteiger charge is -2.36. The van der Waals surface area contributed by atoms with Crippen LogP contribution in [0, 0.1) is 12.7 Å². The first-order valence-electron chi connectivity index (χ1n) is 12.0. The molecule has 2 aromatic carbocycles. The van der Waals surface area contributed by atoms with E-state index in [9.17, 15) is 22.4 Å². The van der Waals surface area contributed by atoms with E-state index in [1.807, 2.05) is 4.90 Å². The molecule has 0 saturated carbocycles. The zero-order chi connectivity index (χ0) is 26.4. The Hall–Kier alpha value is -3.60. The van der Waals surface area contributed by atoms with Crippen LogP contribution in [0.5, 0.6) is 5.75 Å². The van der Waals surface area contributed by atoms with E-state index in [2.05, 4.69) is 15.4 Å². The van der Waals surface area contributed by atoms with E-state index >= 15 is 0 Å². The summed E-state index contributed by atoms with van der Waals surface area (Å²) >= 11 is 0. The van der Waals surface area contributed by atoms with Crippen LogP contribution in [0.15, 0.2) is 53.1 Å². The first kappa shape index (κ1) is 26.5. The van der Waals surface area contributed by atoms with Crippen molar-refractivity contribution in [3.05, 3.63) is 65.7 Å². The van der Waals surface area contributed by atoms with Crippen molar-refractivity contribution < 1.29 is 31.6 Å². The molecule has 11 heteroatoms. The molecule has 2 heterocycles. The number of aryl methyl sites for hydroxylation is 1. The van der Waals surface area contributed by atoms with Gasteiger partial charge in [-0.05, 0) is 44.2 Å². The second kappa shape index (κ2) is 11.6. The van der Waals surface area contributed by atoms with Crippen molar-refractivity contribution >= 4 is 11.6 Å². The van der Waals surface area contributed by atoms with Crippen LogP contribution in [0.2, 0.25) is 0 Å². The third kappa shape index (κ3) is 7.00. The van der Waals surface area contributed by atoms with Gasteiger partial charge < -0.3 is 19.5 Å². The number of piperazine rings is 1. The van der Waals surface area contributed by atoms with Crippen molar-refractivity contribution in [1.82, 2.24) is 15.4 Å². The monoisotopic (exact) mass is 520 g/mol. The minimum atomic E-state index is -4.39. The molecular formula is C26H28F4N4O3. The molecule has 198 valence electrons. The van der Waals surface area contributed by atoms with Gasteiger partial charge in [0.2, 0.25) is 0 Å². The standard InChI is InChI=1S/C26H28F4N4O3/c1-18-23(24(32-37-18)19-6-4-7-20(27)16-19)25(35)31-10-5-11-33-12-14-34(15-13-33)21-8-2-3-9-22(21)36-17-26(28,29)30/h2-4,6-9,16H,5,10-15,17H2,1H3,(H,31,35). The number of nitrogens with zero attached hydrogens (tertiary/aromatic N) is 3. The molecule has 1 fully saturated rings. The number of halogens is 4. The maximum Gasteiger partial charge on any atom is 0.422 e. The van der Waals surface area contributed by atoms with Crippen LogP contribution in [0.25, 0.3) is 11.3 Å². The van der Waals surface area contributed by atoms with Crippen LogP contribution >= 0.6 is 0 Å². The van der Waals surface area contributed by atoms with Gasteiger partial charge in [-0.15, -0.1) is 0 Å². The Bertz CT molecular complexity index is 1210. The molecule has 0 radical (unpaired) electrons. The van der Waals surface area contributed by atoms with E-state index in [1.165, 1.54) is 12.1 Å². The highest BCUT2D eigenvalue weighted by molar-refractivity contribution is 6.00. The summed E-state index contributed by atoms with van der Waals surface area (Å²) in [6, 6.07) is 12.6. The number of carbonyl (C=O) groups excluding carboxylic acids is 1. The second-order valence-corrected chi connectivity index (χ2v) is 8.78. The summed E-state index contributed by atoms with van der Waals surface area (Å²) in [4.78, 5) is 17.1. The lowest BCUT2D eigenvalue weighted by Crippen LogP contribution is -2.47. The van der Waals surface area contributed by atoms with E-state index in [0.29, 0.717) is 48.8 Å². The Kier molecular flexibility index (Phi) is 8.32. The number of carbonyl (C=O) groups is 1. The largest absolute Gasteiger partial charge is 0.482 e.